The molecule has 192 valence electrons. The Morgan fingerprint density at radius 3 is 2.82 bits per heavy atom. The third kappa shape index (κ3) is 5.61. The number of terminal acetylenes is 1. The first-order valence-electron chi connectivity index (χ1n) is 12.9. The number of fused-ring (bicyclic) bond motifs is 1. The number of nitrogens with zero attached hydrogens (tertiary/aromatic N) is 3. The van der Waals surface area contributed by atoms with Crippen LogP contribution in [0, 0.1) is 26.2 Å². The van der Waals surface area contributed by atoms with Crippen molar-refractivity contribution in [1.29, 1.82) is 0 Å². The number of carbonyl (C=O) groups is 1. The maximum absolute atomic E-state index is 12.6. The van der Waals surface area contributed by atoms with Gasteiger partial charge in [0.25, 0.3) is 5.91 Å². The van der Waals surface area contributed by atoms with Gasteiger partial charge >= 0.3 is 0 Å². The fourth-order valence-corrected chi connectivity index (χ4v) is 4.79. The summed E-state index contributed by atoms with van der Waals surface area (Å²) >= 11 is 0. The number of nitrogens with one attached hydrogen (secondary N) is 2. The molecule has 2 N–H and O–H groups in total. The molecule has 0 radical (unpaired) electrons. The number of aromatic nitrogens is 3. The number of rotatable bonds is 7. The van der Waals surface area contributed by atoms with Crippen LogP contribution in [0.15, 0.2) is 54.6 Å². The Balaban J connectivity index is 1.51. The average Bonchev–Trinajstić information content (AvgIpc) is 3.28. The van der Waals surface area contributed by atoms with Crippen LogP contribution < -0.4 is 10.6 Å². The van der Waals surface area contributed by atoms with Crippen molar-refractivity contribution in [1.82, 2.24) is 20.1 Å². The summed E-state index contributed by atoms with van der Waals surface area (Å²) in [6.45, 7) is 4.97. The van der Waals surface area contributed by atoms with Gasteiger partial charge in [-0.2, -0.15) is 5.10 Å². The van der Waals surface area contributed by atoms with Crippen molar-refractivity contribution in [3.05, 3.63) is 82.8 Å². The highest BCUT2D eigenvalue weighted by Gasteiger charge is 2.21. The minimum Gasteiger partial charge on any atom is -0.356 e. The van der Waals surface area contributed by atoms with Crippen LogP contribution >= 0.6 is 0 Å². The third-order valence-corrected chi connectivity index (χ3v) is 6.50. The van der Waals surface area contributed by atoms with E-state index in [9.17, 15) is 4.79 Å². The third-order valence-electron chi connectivity index (χ3n) is 6.50. The summed E-state index contributed by atoms with van der Waals surface area (Å²) in [6.07, 6.45) is 12.3. The van der Waals surface area contributed by atoms with Crippen LogP contribution in [0.25, 0.3) is 23.1 Å². The van der Waals surface area contributed by atoms with Crippen LogP contribution in [-0.2, 0) is 4.74 Å². The number of hydrogen-bond acceptors (Lipinski definition) is 5. The molecule has 1 fully saturated rings. The Bertz CT molecular complexity index is 1520. The quantitative estimate of drug-likeness (QED) is 0.300. The van der Waals surface area contributed by atoms with Gasteiger partial charge in [-0.15, -0.1) is 6.42 Å². The molecule has 0 aliphatic carbocycles. The molecule has 1 amide bonds. The number of aryl methyl sites for hydroxylation is 2. The van der Waals surface area contributed by atoms with Crippen molar-refractivity contribution in [2.45, 2.75) is 39.3 Å². The largest absolute Gasteiger partial charge is 0.356 e. The van der Waals surface area contributed by atoms with Gasteiger partial charge in [0, 0.05) is 23.4 Å². The molecule has 2 aromatic heterocycles. The zero-order chi connectivity index (χ0) is 26.5. The van der Waals surface area contributed by atoms with Crippen molar-refractivity contribution in [3.8, 4) is 12.3 Å². The first-order chi connectivity index (χ1) is 18.5. The average molecular weight is 506 g/mol. The minimum atomic E-state index is -0.222. The number of benzene rings is 2. The number of carbonyl (C=O) groups excluding carboxylic acids is 1. The van der Waals surface area contributed by atoms with Gasteiger partial charge < -0.3 is 15.4 Å². The van der Waals surface area contributed by atoms with E-state index in [0.717, 1.165) is 59.5 Å². The van der Waals surface area contributed by atoms with E-state index in [2.05, 4.69) is 52.7 Å². The molecule has 5 rings (SSSR count). The molecule has 7 nitrogen and oxygen atoms in total. The smallest absolute Gasteiger partial charge is 0.254 e. The maximum atomic E-state index is 12.6. The van der Waals surface area contributed by atoms with E-state index in [1.54, 1.807) is 6.07 Å². The topological polar surface area (TPSA) is 81.1 Å². The lowest BCUT2D eigenvalue weighted by atomic mass is 10.1. The van der Waals surface area contributed by atoms with E-state index < -0.39 is 0 Å². The maximum Gasteiger partial charge on any atom is 0.254 e. The Morgan fingerprint density at radius 2 is 2.03 bits per heavy atom. The molecular formula is C31H31N5O2. The summed E-state index contributed by atoms with van der Waals surface area (Å²) in [4.78, 5) is 17.3. The second kappa shape index (κ2) is 11.3. The SMILES string of the molecule is C#CCNC(=O)c1ccccc1Nc1ccc2c(/C=C/c3cc(C)cc(C)n3)nn(C3CCCCO3)c2c1. The van der Waals surface area contributed by atoms with Gasteiger partial charge in [0.05, 0.1) is 34.7 Å². The summed E-state index contributed by atoms with van der Waals surface area (Å²) < 4.78 is 8.09. The van der Waals surface area contributed by atoms with Gasteiger partial charge in [-0.05, 0) is 93.3 Å². The van der Waals surface area contributed by atoms with Gasteiger partial charge in [-0.3, -0.25) is 9.78 Å². The molecule has 0 bridgehead atoms. The molecule has 1 aliphatic heterocycles. The molecule has 0 spiro atoms. The Kier molecular flexibility index (Phi) is 7.52. The standard InChI is InChI=1S/C31H31N5O2/c1-4-16-32-31(37)26-9-5-6-10-27(26)34-24-12-14-25-28(15-13-23-19-21(2)18-22(3)33-23)35-36(29(25)20-24)30-11-7-8-17-38-30/h1,5-6,9-10,12-15,18-20,30,34H,7-8,11,16-17H2,2-3H3,(H,32,37)/b15-13+. The number of ether oxygens (including phenoxy) is 1. The van der Waals surface area contributed by atoms with Crippen LogP contribution in [-0.4, -0.2) is 33.8 Å². The van der Waals surface area contributed by atoms with Gasteiger partial charge in [-0.1, -0.05) is 18.1 Å². The molecule has 38 heavy (non-hydrogen) atoms. The van der Waals surface area contributed by atoms with E-state index in [4.69, 9.17) is 16.3 Å². The fraction of sp³-hybridized carbons (Fsp3) is 0.258. The molecule has 3 heterocycles. The van der Waals surface area contributed by atoms with Gasteiger partial charge in [0.2, 0.25) is 0 Å². The highest BCUT2D eigenvalue weighted by Crippen LogP contribution is 2.32. The fourth-order valence-electron chi connectivity index (χ4n) is 4.79. The van der Waals surface area contributed by atoms with E-state index in [0.29, 0.717) is 11.3 Å². The normalized spacial score (nSPS) is 15.4. The van der Waals surface area contributed by atoms with Crippen molar-refractivity contribution in [2.75, 3.05) is 18.5 Å². The molecule has 2 aromatic carbocycles. The zero-order valence-corrected chi connectivity index (χ0v) is 21.7. The van der Waals surface area contributed by atoms with E-state index in [1.165, 1.54) is 5.56 Å². The lowest BCUT2D eigenvalue weighted by Crippen LogP contribution is -2.24. The molecular weight excluding hydrogens is 474 g/mol. The highest BCUT2D eigenvalue weighted by molar-refractivity contribution is 6.01. The summed E-state index contributed by atoms with van der Waals surface area (Å²) in [7, 11) is 0. The Hall–Kier alpha value is -4.41. The Morgan fingerprint density at radius 1 is 1.16 bits per heavy atom. The molecule has 4 aromatic rings. The van der Waals surface area contributed by atoms with Crippen LogP contribution in [0.1, 0.15) is 58.5 Å². The summed E-state index contributed by atoms with van der Waals surface area (Å²) in [5.74, 6) is 2.22. The van der Waals surface area contributed by atoms with Crippen molar-refractivity contribution in [3.63, 3.8) is 0 Å². The van der Waals surface area contributed by atoms with Gasteiger partial charge in [-0.25, -0.2) is 4.68 Å². The predicted octanol–water partition coefficient (Wildman–Crippen LogP) is 6.02. The first-order valence-corrected chi connectivity index (χ1v) is 12.9. The number of amides is 1. The zero-order valence-electron chi connectivity index (χ0n) is 21.7. The minimum absolute atomic E-state index is 0.121. The van der Waals surface area contributed by atoms with Gasteiger partial charge in [0.15, 0.2) is 6.23 Å². The predicted molar refractivity (Wildman–Crippen MR) is 152 cm³/mol. The first kappa shape index (κ1) is 25.2. The van der Waals surface area contributed by atoms with Crippen LogP contribution in [0.4, 0.5) is 11.4 Å². The van der Waals surface area contributed by atoms with Crippen molar-refractivity contribution < 1.29 is 9.53 Å². The lowest BCUT2D eigenvalue weighted by molar-refractivity contribution is -0.0367. The number of hydrogen-bond donors (Lipinski definition) is 2. The molecule has 1 saturated heterocycles. The molecule has 7 heteroatoms. The van der Waals surface area contributed by atoms with Crippen LogP contribution in [0.3, 0.4) is 0 Å². The second-order valence-corrected chi connectivity index (χ2v) is 9.48. The Labute approximate surface area is 222 Å². The van der Waals surface area contributed by atoms with Crippen LogP contribution in [0.2, 0.25) is 0 Å². The molecule has 1 atom stereocenters. The molecule has 0 saturated carbocycles. The van der Waals surface area contributed by atoms with Gasteiger partial charge in [0.1, 0.15) is 0 Å². The summed E-state index contributed by atoms with van der Waals surface area (Å²) in [5, 5.41) is 12.1. The highest BCUT2D eigenvalue weighted by atomic mass is 16.5. The number of pyridine rings is 1. The summed E-state index contributed by atoms with van der Waals surface area (Å²) in [6, 6.07) is 17.6. The summed E-state index contributed by atoms with van der Waals surface area (Å²) in [5.41, 5.74) is 6.95. The van der Waals surface area contributed by atoms with Crippen molar-refractivity contribution >= 4 is 40.3 Å². The molecule has 1 unspecified atom stereocenters. The lowest BCUT2D eigenvalue weighted by Gasteiger charge is -2.23. The monoisotopic (exact) mass is 505 g/mol. The van der Waals surface area contributed by atoms with E-state index in [1.807, 2.05) is 48.0 Å². The van der Waals surface area contributed by atoms with E-state index >= 15 is 0 Å². The second-order valence-electron chi connectivity index (χ2n) is 9.48. The number of anilines is 2. The van der Waals surface area contributed by atoms with Crippen molar-refractivity contribution in [2.24, 2.45) is 0 Å². The van der Waals surface area contributed by atoms with Crippen LogP contribution in [0.5, 0.6) is 0 Å². The number of para-hydroxylation sites is 1. The van der Waals surface area contributed by atoms with E-state index in [-0.39, 0.29) is 18.7 Å². The molecule has 1 aliphatic rings.